The topological polar surface area (TPSA) is 88.4 Å². The van der Waals surface area contributed by atoms with E-state index in [2.05, 4.69) is 42.8 Å². The maximum Gasteiger partial charge on any atom is 0.244 e. The highest BCUT2D eigenvalue weighted by atomic mass is 16.5. The van der Waals surface area contributed by atoms with E-state index in [1.165, 1.54) is 0 Å². The maximum absolute atomic E-state index is 13.4. The molecule has 9 heteroatoms. The minimum atomic E-state index is -0.0909. The van der Waals surface area contributed by atoms with Crippen molar-refractivity contribution in [3.8, 4) is 0 Å². The van der Waals surface area contributed by atoms with Gasteiger partial charge in [-0.3, -0.25) is 9.69 Å². The number of amides is 1. The standard InChI is InChI=1S/C22H29N7O2/c30-20(29-18-6-7-19(29)17-13-23-12-16(17)18)14-28-22(24-25-26-28)21(15-4-2-1-3-5-15)27-8-10-31-11-9-27/h1-5,16-19,21,23H,6-14H2/t16-,17+,18-,19+,21?. The molecule has 0 radical (unpaired) electrons. The minimum Gasteiger partial charge on any atom is -0.379 e. The van der Waals surface area contributed by atoms with Gasteiger partial charge in [0.25, 0.3) is 0 Å². The lowest BCUT2D eigenvalue weighted by atomic mass is 9.82. The molecule has 1 aromatic heterocycles. The van der Waals surface area contributed by atoms with Crippen molar-refractivity contribution in [3.05, 3.63) is 41.7 Å². The Labute approximate surface area is 181 Å². The molecule has 31 heavy (non-hydrogen) atoms. The largest absolute Gasteiger partial charge is 0.379 e. The predicted octanol–water partition coefficient (Wildman–Crippen LogP) is 0.304. The first-order valence-corrected chi connectivity index (χ1v) is 11.5. The molecule has 4 aliphatic heterocycles. The highest BCUT2D eigenvalue weighted by Gasteiger charge is 2.56. The van der Waals surface area contributed by atoms with Crippen molar-refractivity contribution < 1.29 is 9.53 Å². The minimum absolute atomic E-state index is 0.0909. The second-order valence-corrected chi connectivity index (χ2v) is 9.16. The summed E-state index contributed by atoms with van der Waals surface area (Å²) in [6, 6.07) is 11.0. The van der Waals surface area contributed by atoms with Crippen molar-refractivity contribution in [1.29, 1.82) is 0 Å². The lowest BCUT2D eigenvalue weighted by Gasteiger charge is -2.34. The molecular weight excluding hydrogens is 394 g/mol. The first kappa shape index (κ1) is 19.3. The second kappa shape index (κ2) is 7.96. The Morgan fingerprint density at radius 1 is 1.10 bits per heavy atom. The molecule has 0 aliphatic carbocycles. The molecule has 164 valence electrons. The number of nitrogens with one attached hydrogen (secondary N) is 1. The van der Waals surface area contributed by atoms with Crippen molar-refractivity contribution >= 4 is 5.91 Å². The van der Waals surface area contributed by atoms with Crippen LogP contribution in [0.5, 0.6) is 0 Å². The summed E-state index contributed by atoms with van der Waals surface area (Å²) < 4.78 is 7.29. The van der Waals surface area contributed by atoms with Crippen molar-refractivity contribution in [2.75, 3.05) is 39.4 Å². The Hall–Kier alpha value is -2.36. The van der Waals surface area contributed by atoms with Crippen LogP contribution in [0.3, 0.4) is 0 Å². The van der Waals surface area contributed by atoms with E-state index in [9.17, 15) is 4.79 Å². The number of ether oxygens (including phenoxy) is 1. The molecule has 1 N–H and O–H groups in total. The van der Waals surface area contributed by atoms with Crippen molar-refractivity contribution in [2.24, 2.45) is 11.8 Å². The highest BCUT2D eigenvalue weighted by molar-refractivity contribution is 5.77. The SMILES string of the molecule is O=C(Cn1nnnc1C(c1ccccc1)N1CCOCC1)N1[C@@H]2CC[C@H]1[C@H]1CNC[C@H]12. The van der Waals surface area contributed by atoms with Crippen LogP contribution < -0.4 is 5.32 Å². The van der Waals surface area contributed by atoms with Gasteiger partial charge in [-0.15, -0.1) is 5.10 Å². The zero-order valence-corrected chi connectivity index (χ0v) is 17.6. The van der Waals surface area contributed by atoms with Gasteiger partial charge in [-0.25, -0.2) is 4.68 Å². The summed E-state index contributed by atoms with van der Waals surface area (Å²) in [5.41, 5.74) is 1.13. The third-order valence-electron chi connectivity index (χ3n) is 7.67. The third kappa shape index (κ3) is 3.26. The number of nitrogens with zero attached hydrogens (tertiary/aromatic N) is 6. The lowest BCUT2D eigenvalue weighted by molar-refractivity contribution is -0.133. The summed E-state index contributed by atoms with van der Waals surface area (Å²) in [4.78, 5) is 18.0. The Kier molecular flexibility index (Phi) is 4.96. The van der Waals surface area contributed by atoms with E-state index >= 15 is 0 Å². The number of fused-ring (bicyclic) bond motifs is 5. The summed E-state index contributed by atoms with van der Waals surface area (Å²) >= 11 is 0. The molecule has 5 heterocycles. The van der Waals surface area contributed by atoms with Crippen LogP contribution in [0.15, 0.2) is 30.3 Å². The summed E-state index contributed by atoms with van der Waals surface area (Å²) in [5, 5.41) is 16.1. The number of benzene rings is 1. The van der Waals surface area contributed by atoms with E-state index in [-0.39, 0.29) is 18.5 Å². The molecule has 1 amide bonds. The fourth-order valence-corrected chi connectivity index (χ4v) is 6.36. The van der Waals surface area contributed by atoms with Crippen LogP contribution in [-0.4, -0.2) is 87.4 Å². The summed E-state index contributed by atoms with van der Waals surface area (Å²) in [6.07, 6.45) is 2.25. The second-order valence-electron chi connectivity index (χ2n) is 9.16. The van der Waals surface area contributed by atoms with Crippen LogP contribution in [0, 0.1) is 11.8 Å². The van der Waals surface area contributed by atoms with E-state index in [1.807, 2.05) is 18.2 Å². The highest BCUT2D eigenvalue weighted by Crippen LogP contribution is 2.47. The number of hydrogen-bond donors (Lipinski definition) is 1. The van der Waals surface area contributed by atoms with Crippen molar-refractivity contribution in [3.63, 3.8) is 0 Å². The average Bonchev–Trinajstić information content (AvgIpc) is 3.58. The Balaban J connectivity index is 1.27. The molecule has 1 aromatic carbocycles. The Bertz CT molecular complexity index is 911. The first-order valence-electron chi connectivity index (χ1n) is 11.5. The number of tetrazole rings is 1. The van der Waals surface area contributed by atoms with Crippen LogP contribution >= 0.6 is 0 Å². The van der Waals surface area contributed by atoms with Crippen LogP contribution in [-0.2, 0) is 16.1 Å². The van der Waals surface area contributed by atoms with E-state index < -0.39 is 0 Å². The molecule has 0 spiro atoms. The normalized spacial score (nSPS) is 31.2. The third-order valence-corrected chi connectivity index (χ3v) is 7.67. The van der Waals surface area contributed by atoms with Gasteiger partial charge in [-0.1, -0.05) is 30.3 Å². The van der Waals surface area contributed by atoms with E-state index in [4.69, 9.17) is 4.74 Å². The number of carbonyl (C=O) groups is 1. The van der Waals surface area contributed by atoms with Crippen LogP contribution in [0.4, 0.5) is 0 Å². The molecule has 6 rings (SSSR count). The number of morpholine rings is 1. The molecular formula is C22H29N7O2. The van der Waals surface area contributed by atoms with E-state index in [0.717, 1.165) is 50.4 Å². The molecule has 9 nitrogen and oxygen atoms in total. The monoisotopic (exact) mass is 423 g/mol. The van der Waals surface area contributed by atoms with Crippen molar-refractivity contribution in [1.82, 2.24) is 35.3 Å². The molecule has 0 saturated carbocycles. The fourth-order valence-electron chi connectivity index (χ4n) is 6.36. The predicted molar refractivity (Wildman–Crippen MR) is 112 cm³/mol. The average molecular weight is 424 g/mol. The zero-order chi connectivity index (χ0) is 20.8. The summed E-state index contributed by atoms with van der Waals surface area (Å²) in [6.45, 7) is 5.29. The quantitative estimate of drug-likeness (QED) is 0.740. The zero-order valence-electron chi connectivity index (χ0n) is 17.6. The van der Waals surface area contributed by atoms with Gasteiger partial charge in [-0.05, 0) is 40.7 Å². The van der Waals surface area contributed by atoms with E-state index in [0.29, 0.717) is 37.1 Å². The van der Waals surface area contributed by atoms with Gasteiger partial charge in [0.15, 0.2) is 5.82 Å². The number of carbonyl (C=O) groups excluding carboxylic acids is 1. The van der Waals surface area contributed by atoms with E-state index in [1.54, 1.807) is 4.68 Å². The van der Waals surface area contributed by atoms with Gasteiger partial charge in [0.2, 0.25) is 5.91 Å². The van der Waals surface area contributed by atoms with Gasteiger partial charge < -0.3 is 15.0 Å². The molecule has 2 bridgehead atoms. The Morgan fingerprint density at radius 2 is 1.81 bits per heavy atom. The van der Waals surface area contributed by atoms with Crippen LogP contribution in [0.2, 0.25) is 0 Å². The smallest absolute Gasteiger partial charge is 0.244 e. The number of rotatable bonds is 5. The molecule has 4 fully saturated rings. The number of aromatic nitrogens is 4. The fraction of sp³-hybridized carbons (Fsp3) is 0.636. The summed E-state index contributed by atoms with van der Waals surface area (Å²) in [7, 11) is 0. The van der Waals surface area contributed by atoms with Gasteiger partial charge >= 0.3 is 0 Å². The number of hydrogen-bond acceptors (Lipinski definition) is 7. The molecule has 1 unspecified atom stereocenters. The van der Waals surface area contributed by atoms with Crippen LogP contribution in [0.25, 0.3) is 0 Å². The van der Waals surface area contributed by atoms with Gasteiger partial charge in [0.1, 0.15) is 6.54 Å². The summed E-state index contributed by atoms with van der Waals surface area (Å²) in [5.74, 6) is 2.11. The molecule has 4 saturated heterocycles. The van der Waals surface area contributed by atoms with Gasteiger partial charge in [-0.2, -0.15) is 0 Å². The van der Waals surface area contributed by atoms with Crippen molar-refractivity contribution in [2.45, 2.75) is 37.5 Å². The van der Waals surface area contributed by atoms with Gasteiger partial charge in [0.05, 0.1) is 19.3 Å². The Morgan fingerprint density at radius 3 is 2.52 bits per heavy atom. The molecule has 5 atom stereocenters. The van der Waals surface area contributed by atoms with Crippen LogP contribution in [0.1, 0.15) is 30.3 Å². The maximum atomic E-state index is 13.4. The van der Waals surface area contributed by atoms with Gasteiger partial charge in [0, 0.05) is 38.3 Å². The first-order chi connectivity index (χ1) is 15.3. The lowest BCUT2D eigenvalue weighted by Crippen LogP contribution is -2.43. The molecule has 2 aromatic rings. The molecule has 4 aliphatic rings.